The summed E-state index contributed by atoms with van der Waals surface area (Å²) in [7, 11) is 0. The molecule has 12 aromatic rings. The number of hydrogen-bond donors (Lipinski definition) is 0. The maximum Gasteiger partial charge on any atom is 0.0540 e. The lowest BCUT2D eigenvalue weighted by Crippen LogP contribution is -2.11. The van der Waals surface area contributed by atoms with Gasteiger partial charge in [0.05, 0.1) is 5.69 Å². The summed E-state index contributed by atoms with van der Waals surface area (Å²) >= 11 is 3.76. The van der Waals surface area contributed by atoms with Crippen molar-refractivity contribution in [2.75, 3.05) is 4.90 Å². The van der Waals surface area contributed by atoms with E-state index in [1.807, 2.05) is 22.7 Å². The first kappa shape index (κ1) is 35.6. The van der Waals surface area contributed by atoms with Crippen LogP contribution in [0.1, 0.15) is 0 Å². The van der Waals surface area contributed by atoms with Crippen molar-refractivity contribution in [3.8, 4) is 44.5 Å². The van der Waals surface area contributed by atoms with Gasteiger partial charge >= 0.3 is 0 Å². The second-order valence-electron chi connectivity index (χ2n) is 15.6. The zero-order chi connectivity index (χ0) is 40.3. The summed E-state index contributed by atoms with van der Waals surface area (Å²) in [6, 6.07) is 82.4. The second-order valence-corrected chi connectivity index (χ2v) is 17.7. The smallest absolute Gasteiger partial charge is 0.0540 e. The van der Waals surface area contributed by atoms with Crippen LogP contribution in [0.4, 0.5) is 17.1 Å². The highest BCUT2D eigenvalue weighted by Gasteiger charge is 2.20. The van der Waals surface area contributed by atoms with Gasteiger partial charge in [-0.15, -0.1) is 22.7 Å². The molecule has 10 aromatic carbocycles. The van der Waals surface area contributed by atoms with Gasteiger partial charge in [0.1, 0.15) is 0 Å². The first-order valence-corrected chi connectivity index (χ1v) is 22.4. The third-order valence-corrected chi connectivity index (χ3v) is 14.5. The summed E-state index contributed by atoms with van der Waals surface area (Å²) in [4.78, 5) is 2.46. The van der Waals surface area contributed by atoms with Gasteiger partial charge < -0.3 is 4.90 Å². The Bertz CT molecular complexity index is 3620. The molecule has 0 radical (unpaired) electrons. The molecular formula is C58H37NS2. The highest BCUT2D eigenvalue weighted by Crippen LogP contribution is 2.46. The molecule has 0 bridgehead atoms. The number of fused-ring (bicyclic) bond motifs is 7. The van der Waals surface area contributed by atoms with E-state index < -0.39 is 0 Å². The predicted octanol–water partition coefficient (Wildman–Crippen LogP) is 17.7. The SMILES string of the molecule is c1cc(-c2cccc(N(c3cccc(-c4cccc5c4sc4ccccc45)c3)c3ccccc3-c3cccc4ccccc34)c2)cc(-c2cccc3c2sc2ccccc23)c1. The van der Waals surface area contributed by atoms with Crippen molar-refractivity contribution in [2.45, 2.75) is 0 Å². The molecule has 0 aliphatic rings. The number of hydrogen-bond acceptors (Lipinski definition) is 3. The number of thiophene rings is 2. The first-order chi connectivity index (χ1) is 30.2. The van der Waals surface area contributed by atoms with Crippen LogP contribution in [0.3, 0.4) is 0 Å². The monoisotopic (exact) mass is 811 g/mol. The van der Waals surface area contributed by atoms with Crippen LogP contribution in [0.25, 0.3) is 95.6 Å². The zero-order valence-electron chi connectivity index (χ0n) is 33.1. The molecule has 0 aliphatic carbocycles. The van der Waals surface area contributed by atoms with E-state index in [-0.39, 0.29) is 0 Å². The molecule has 2 aromatic heterocycles. The van der Waals surface area contributed by atoms with E-state index in [1.165, 1.54) is 95.6 Å². The topological polar surface area (TPSA) is 3.24 Å². The fraction of sp³-hybridized carbons (Fsp3) is 0. The third kappa shape index (κ3) is 6.13. The Balaban J connectivity index is 1.03. The maximum absolute atomic E-state index is 2.46. The summed E-state index contributed by atoms with van der Waals surface area (Å²) < 4.78 is 5.28. The normalized spacial score (nSPS) is 11.6. The lowest BCUT2D eigenvalue weighted by atomic mass is 9.95. The van der Waals surface area contributed by atoms with Gasteiger partial charge in [0.2, 0.25) is 0 Å². The highest BCUT2D eigenvalue weighted by molar-refractivity contribution is 7.26. The van der Waals surface area contributed by atoms with Crippen LogP contribution in [0.2, 0.25) is 0 Å². The molecule has 0 saturated heterocycles. The average Bonchev–Trinajstić information content (AvgIpc) is 3.91. The van der Waals surface area contributed by atoms with Crippen molar-refractivity contribution in [1.82, 2.24) is 0 Å². The van der Waals surface area contributed by atoms with Crippen LogP contribution in [0.15, 0.2) is 224 Å². The fourth-order valence-electron chi connectivity index (χ4n) is 9.24. The van der Waals surface area contributed by atoms with Crippen LogP contribution in [-0.2, 0) is 0 Å². The number of nitrogens with zero attached hydrogens (tertiary/aromatic N) is 1. The molecule has 0 atom stereocenters. The molecule has 61 heavy (non-hydrogen) atoms. The van der Waals surface area contributed by atoms with Crippen molar-refractivity contribution in [1.29, 1.82) is 0 Å². The Hall–Kier alpha value is -7.30. The van der Waals surface area contributed by atoms with Crippen LogP contribution < -0.4 is 4.90 Å². The summed E-state index contributed by atoms with van der Waals surface area (Å²) in [6.45, 7) is 0. The van der Waals surface area contributed by atoms with Crippen molar-refractivity contribution in [3.05, 3.63) is 224 Å². The van der Waals surface area contributed by atoms with Crippen LogP contribution >= 0.6 is 22.7 Å². The summed E-state index contributed by atoms with van der Waals surface area (Å²) in [5.41, 5.74) is 13.0. The molecule has 0 amide bonds. The van der Waals surface area contributed by atoms with E-state index in [0.29, 0.717) is 0 Å². The molecule has 12 rings (SSSR count). The van der Waals surface area contributed by atoms with Crippen molar-refractivity contribution < 1.29 is 0 Å². The molecule has 0 unspecified atom stereocenters. The van der Waals surface area contributed by atoms with Gasteiger partial charge in [-0.25, -0.2) is 0 Å². The van der Waals surface area contributed by atoms with Gasteiger partial charge in [0.25, 0.3) is 0 Å². The average molecular weight is 812 g/mol. The summed E-state index contributed by atoms with van der Waals surface area (Å²) in [6.07, 6.45) is 0. The van der Waals surface area contributed by atoms with Gasteiger partial charge in [-0.1, -0.05) is 176 Å². The molecule has 1 nitrogen and oxygen atoms in total. The van der Waals surface area contributed by atoms with E-state index >= 15 is 0 Å². The van der Waals surface area contributed by atoms with Gasteiger partial charge in [0.15, 0.2) is 0 Å². The van der Waals surface area contributed by atoms with Crippen LogP contribution in [0.5, 0.6) is 0 Å². The Morgan fingerprint density at radius 3 is 1.39 bits per heavy atom. The Morgan fingerprint density at radius 2 is 0.705 bits per heavy atom. The molecule has 3 heteroatoms. The summed E-state index contributed by atoms with van der Waals surface area (Å²) in [5, 5.41) is 7.72. The quantitative estimate of drug-likeness (QED) is 0.155. The Kier molecular flexibility index (Phi) is 8.62. The third-order valence-electron chi connectivity index (χ3n) is 12.1. The van der Waals surface area contributed by atoms with Gasteiger partial charge in [-0.05, 0) is 98.2 Å². The minimum atomic E-state index is 1.10. The Morgan fingerprint density at radius 1 is 0.279 bits per heavy atom. The molecule has 2 heterocycles. The van der Waals surface area contributed by atoms with E-state index in [4.69, 9.17) is 0 Å². The second kappa shape index (κ2) is 14.8. The minimum absolute atomic E-state index is 1.10. The maximum atomic E-state index is 2.46. The molecule has 0 N–H and O–H groups in total. The van der Waals surface area contributed by atoms with Gasteiger partial charge in [0, 0.05) is 57.3 Å². The van der Waals surface area contributed by atoms with Crippen LogP contribution in [0, 0.1) is 0 Å². The molecule has 0 aliphatic heterocycles. The van der Waals surface area contributed by atoms with Gasteiger partial charge in [-0.3, -0.25) is 0 Å². The molecule has 0 saturated carbocycles. The summed E-state index contributed by atoms with van der Waals surface area (Å²) in [5.74, 6) is 0. The van der Waals surface area contributed by atoms with Crippen molar-refractivity contribution >= 4 is 90.9 Å². The highest BCUT2D eigenvalue weighted by atomic mass is 32.1. The fourth-order valence-corrected chi connectivity index (χ4v) is 11.7. The molecular weight excluding hydrogens is 775 g/mol. The van der Waals surface area contributed by atoms with E-state index in [1.54, 1.807) is 0 Å². The number of benzene rings is 10. The standard InChI is InChI=1S/C58H37NS2/c1-2-23-45-38(15-1)16-12-29-48(45)49-24-3-6-32-54(49)59(44-22-11-20-42(37-44)47-28-14-31-53-51-26-5-8-34-56(51)61-58(47)53)43-21-10-18-40(36-43)39-17-9-19-41(35-39)46-27-13-30-52-50-25-4-7-33-55(50)60-57(46)52/h1-37H. The van der Waals surface area contributed by atoms with E-state index in [2.05, 4.69) is 229 Å². The van der Waals surface area contributed by atoms with Crippen molar-refractivity contribution in [2.24, 2.45) is 0 Å². The lowest BCUT2D eigenvalue weighted by Gasteiger charge is -2.29. The molecule has 0 spiro atoms. The predicted molar refractivity (Wildman–Crippen MR) is 266 cm³/mol. The largest absolute Gasteiger partial charge is 0.310 e. The number of rotatable bonds is 7. The van der Waals surface area contributed by atoms with Crippen LogP contribution in [-0.4, -0.2) is 0 Å². The number of para-hydroxylation sites is 1. The lowest BCUT2D eigenvalue weighted by molar-refractivity contribution is 1.28. The van der Waals surface area contributed by atoms with E-state index in [0.717, 1.165) is 17.1 Å². The van der Waals surface area contributed by atoms with Gasteiger partial charge in [-0.2, -0.15) is 0 Å². The first-order valence-electron chi connectivity index (χ1n) is 20.7. The number of anilines is 3. The minimum Gasteiger partial charge on any atom is -0.310 e. The molecule has 0 fully saturated rings. The zero-order valence-corrected chi connectivity index (χ0v) is 34.8. The molecule has 286 valence electrons. The Labute approximate surface area is 362 Å². The van der Waals surface area contributed by atoms with Crippen molar-refractivity contribution in [3.63, 3.8) is 0 Å². The van der Waals surface area contributed by atoms with E-state index in [9.17, 15) is 0 Å².